The van der Waals surface area contributed by atoms with Gasteiger partial charge in [0.25, 0.3) is 5.91 Å². The molecule has 4 atom stereocenters. The summed E-state index contributed by atoms with van der Waals surface area (Å²) < 4.78 is 0. The molecule has 2 saturated heterocycles. The van der Waals surface area contributed by atoms with Gasteiger partial charge in [0.15, 0.2) is 0 Å². The Morgan fingerprint density at radius 1 is 0.889 bits per heavy atom. The zero-order chi connectivity index (χ0) is 25.0. The lowest BCUT2D eigenvalue weighted by molar-refractivity contribution is -0.132. The number of benzene rings is 3. The Hall–Kier alpha value is -4.03. The van der Waals surface area contributed by atoms with Crippen LogP contribution in [0, 0.1) is 11.8 Å². The van der Waals surface area contributed by atoms with E-state index in [-0.39, 0.29) is 23.8 Å². The van der Waals surface area contributed by atoms with Crippen molar-refractivity contribution in [1.82, 2.24) is 5.32 Å². The number of carbonyl (C=O) groups excluding carboxylic acids is 3. The maximum absolute atomic E-state index is 14.3. The monoisotopic (exact) mass is 477 g/mol. The maximum atomic E-state index is 14.3. The Kier molecular flexibility index (Phi) is 5.16. The number of rotatable bonds is 5. The van der Waals surface area contributed by atoms with Gasteiger partial charge in [0, 0.05) is 23.8 Å². The molecule has 3 aliphatic heterocycles. The number of hydrogen-bond acceptors (Lipinski definition) is 4. The third-order valence-corrected chi connectivity index (χ3v) is 7.61. The zero-order valence-electron chi connectivity index (χ0n) is 20.1. The third kappa shape index (κ3) is 3.11. The van der Waals surface area contributed by atoms with E-state index in [1.54, 1.807) is 17.0 Å². The van der Waals surface area contributed by atoms with Gasteiger partial charge in [-0.05, 0) is 37.1 Å². The first kappa shape index (κ1) is 22.4. The molecule has 0 unspecified atom stereocenters. The molecule has 0 aliphatic carbocycles. The molecule has 6 nitrogen and oxygen atoms in total. The minimum absolute atomic E-state index is 0.201. The Balaban J connectivity index is 1.52. The Morgan fingerprint density at radius 3 is 2.22 bits per heavy atom. The predicted octanol–water partition coefficient (Wildman–Crippen LogP) is 3.82. The lowest BCUT2D eigenvalue weighted by Gasteiger charge is -2.30. The molecule has 1 spiro atoms. The van der Waals surface area contributed by atoms with Crippen molar-refractivity contribution in [2.75, 3.05) is 16.3 Å². The van der Waals surface area contributed by atoms with E-state index in [0.717, 1.165) is 22.4 Å². The van der Waals surface area contributed by atoms with Crippen molar-refractivity contribution >= 4 is 29.1 Å². The van der Waals surface area contributed by atoms with Gasteiger partial charge in [-0.15, -0.1) is 0 Å². The second kappa shape index (κ2) is 8.28. The van der Waals surface area contributed by atoms with Crippen LogP contribution in [0.25, 0.3) is 0 Å². The second-order valence-electron chi connectivity index (χ2n) is 9.97. The molecular formula is C30H27N3O3. The van der Waals surface area contributed by atoms with Gasteiger partial charge in [-0.1, -0.05) is 78.9 Å². The summed E-state index contributed by atoms with van der Waals surface area (Å²) in [6.07, 6.45) is 0.529. The van der Waals surface area contributed by atoms with Crippen LogP contribution in [0.2, 0.25) is 0 Å². The van der Waals surface area contributed by atoms with Crippen LogP contribution in [-0.4, -0.2) is 30.3 Å². The summed E-state index contributed by atoms with van der Waals surface area (Å²) in [6, 6.07) is 26.1. The number of carbonyl (C=O) groups is 3. The highest BCUT2D eigenvalue weighted by molar-refractivity contribution is 6.26. The van der Waals surface area contributed by atoms with Crippen molar-refractivity contribution in [3.05, 3.63) is 108 Å². The summed E-state index contributed by atoms with van der Waals surface area (Å²) in [5, 5.41) is 3.57. The number of nitrogens with one attached hydrogen (secondary N) is 1. The smallest absolute Gasteiger partial charge is 0.253 e. The highest BCUT2D eigenvalue weighted by Crippen LogP contribution is 2.55. The number of anilines is 2. The van der Waals surface area contributed by atoms with Crippen LogP contribution in [0.15, 0.2) is 97.1 Å². The normalized spacial score (nSPS) is 26.6. The van der Waals surface area contributed by atoms with Gasteiger partial charge in [0.05, 0.1) is 17.5 Å². The van der Waals surface area contributed by atoms with Crippen molar-refractivity contribution < 1.29 is 14.4 Å². The van der Waals surface area contributed by atoms with E-state index in [1.807, 2.05) is 79.7 Å². The molecule has 3 heterocycles. The number of amides is 3. The number of hydrogen-bond donors (Lipinski definition) is 1. The lowest BCUT2D eigenvalue weighted by atomic mass is 9.76. The number of fused-ring (bicyclic) bond motifs is 4. The van der Waals surface area contributed by atoms with Crippen LogP contribution in [-0.2, 0) is 26.3 Å². The summed E-state index contributed by atoms with van der Waals surface area (Å²) in [5.74, 6) is -2.31. The van der Waals surface area contributed by atoms with E-state index in [4.69, 9.17) is 0 Å². The minimum Gasteiger partial charge on any atom is -0.306 e. The first-order chi connectivity index (χ1) is 17.4. The minimum atomic E-state index is -1.31. The van der Waals surface area contributed by atoms with Crippen molar-refractivity contribution in [3.63, 3.8) is 0 Å². The Labute approximate surface area is 210 Å². The van der Waals surface area contributed by atoms with Crippen LogP contribution in [0.1, 0.15) is 18.1 Å². The van der Waals surface area contributed by atoms with Crippen LogP contribution in [0.3, 0.4) is 0 Å². The van der Waals surface area contributed by atoms with Gasteiger partial charge in [-0.3, -0.25) is 19.7 Å². The van der Waals surface area contributed by atoms with E-state index in [0.29, 0.717) is 18.7 Å². The van der Waals surface area contributed by atoms with Gasteiger partial charge >= 0.3 is 0 Å². The van der Waals surface area contributed by atoms with Crippen molar-refractivity contribution in [2.24, 2.45) is 11.8 Å². The van der Waals surface area contributed by atoms with Crippen LogP contribution < -0.4 is 15.1 Å². The van der Waals surface area contributed by atoms with Gasteiger partial charge in [0.1, 0.15) is 5.54 Å². The number of imide groups is 1. The largest absolute Gasteiger partial charge is 0.306 e. The first-order valence-electron chi connectivity index (χ1n) is 12.2. The van der Waals surface area contributed by atoms with E-state index < -0.39 is 17.4 Å². The molecule has 180 valence electrons. The highest BCUT2D eigenvalue weighted by Gasteiger charge is 2.71. The first-order valence-corrected chi connectivity index (χ1v) is 12.2. The quantitative estimate of drug-likeness (QED) is 0.448. The van der Waals surface area contributed by atoms with Crippen molar-refractivity contribution in [1.29, 1.82) is 0 Å². The average molecular weight is 478 g/mol. The molecule has 6 rings (SSSR count). The van der Waals surface area contributed by atoms with E-state index in [1.165, 1.54) is 4.90 Å². The zero-order valence-corrected chi connectivity index (χ0v) is 20.1. The van der Waals surface area contributed by atoms with Crippen molar-refractivity contribution in [2.45, 2.75) is 24.9 Å². The molecular weight excluding hydrogens is 450 g/mol. The molecule has 0 radical (unpaired) electrons. The van der Waals surface area contributed by atoms with Crippen LogP contribution >= 0.6 is 0 Å². The molecule has 3 aliphatic rings. The molecule has 2 fully saturated rings. The maximum Gasteiger partial charge on any atom is 0.253 e. The van der Waals surface area contributed by atoms with Crippen LogP contribution in [0.4, 0.5) is 11.4 Å². The fraction of sp³-hybridized carbons (Fsp3) is 0.233. The van der Waals surface area contributed by atoms with Crippen LogP contribution in [0.5, 0.6) is 0 Å². The van der Waals surface area contributed by atoms with Crippen molar-refractivity contribution in [3.8, 4) is 0 Å². The van der Waals surface area contributed by atoms with Gasteiger partial charge < -0.3 is 4.90 Å². The summed E-state index contributed by atoms with van der Waals surface area (Å²) in [7, 11) is 0. The summed E-state index contributed by atoms with van der Waals surface area (Å²) >= 11 is 0. The highest BCUT2D eigenvalue weighted by atomic mass is 16.2. The Bertz CT molecular complexity index is 1390. The number of para-hydroxylation sites is 2. The summed E-state index contributed by atoms with van der Waals surface area (Å²) in [6.45, 7) is 6.25. The number of nitrogens with zero attached hydrogens (tertiary/aromatic N) is 2. The summed E-state index contributed by atoms with van der Waals surface area (Å²) in [5.41, 5.74) is 2.61. The fourth-order valence-corrected chi connectivity index (χ4v) is 6.25. The molecule has 3 aromatic rings. The van der Waals surface area contributed by atoms with Gasteiger partial charge in [-0.2, -0.15) is 0 Å². The molecule has 6 heteroatoms. The SMILES string of the molecule is C=C(C)CN1C(=O)[C@]2(N[C@H](Cc3ccccc3)[C@@H]3C(=O)N(c4ccccc4)C(=O)[C@@H]32)c2ccccc21. The van der Waals surface area contributed by atoms with E-state index >= 15 is 0 Å². The fourth-order valence-electron chi connectivity index (χ4n) is 6.25. The lowest BCUT2D eigenvalue weighted by Crippen LogP contribution is -2.55. The van der Waals surface area contributed by atoms with E-state index in [9.17, 15) is 14.4 Å². The average Bonchev–Trinajstić information content (AvgIpc) is 3.44. The summed E-state index contributed by atoms with van der Waals surface area (Å²) in [4.78, 5) is 45.3. The molecule has 0 saturated carbocycles. The molecule has 0 aromatic heterocycles. The molecule has 3 aromatic carbocycles. The van der Waals surface area contributed by atoms with Gasteiger partial charge in [0.2, 0.25) is 11.8 Å². The van der Waals surface area contributed by atoms with Gasteiger partial charge in [-0.25, -0.2) is 4.90 Å². The third-order valence-electron chi connectivity index (χ3n) is 7.61. The Morgan fingerprint density at radius 2 is 1.53 bits per heavy atom. The predicted molar refractivity (Wildman–Crippen MR) is 138 cm³/mol. The molecule has 36 heavy (non-hydrogen) atoms. The standard InChI is InChI=1S/C30H27N3O3/c1-19(2)18-32-24-16-10-9-15-22(24)30(29(32)36)26-25(23(31-30)17-20-11-5-3-6-12-20)27(34)33(28(26)35)21-13-7-4-8-14-21/h3-16,23,25-26,31H,1,17-18H2,2H3/t23-,25+,26-,30+/m1/s1. The molecule has 1 N–H and O–H groups in total. The second-order valence-corrected chi connectivity index (χ2v) is 9.97. The molecule has 0 bridgehead atoms. The molecule has 3 amide bonds. The topological polar surface area (TPSA) is 69.7 Å². The van der Waals surface area contributed by atoms with E-state index in [2.05, 4.69) is 11.9 Å².